The quantitative estimate of drug-likeness (QED) is 0.168. The van der Waals surface area contributed by atoms with Crippen LogP contribution in [0.4, 0.5) is 5.69 Å². The zero-order valence-electron chi connectivity index (χ0n) is 34.5. The summed E-state index contributed by atoms with van der Waals surface area (Å²) in [5, 5.41) is 12.8. The summed E-state index contributed by atoms with van der Waals surface area (Å²) in [6.45, 7) is 0. The van der Waals surface area contributed by atoms with Crippen molar-refractivity contribution in [1.29, 1.82) is 0 Å². The number of aromatic nitrogens is 1. The molecule has 0 fully saturated rings. The molecule has 12 rings (SSSR count). The lowest BCUT2D eigenvalue weighted by Crippen LogP contribution is -2.31. The van der Waals surface area contributed by atoms with Gasteiger partial charge in [-0.2, -0.15) is 0 Å². The van der Waals surface area contributed by atoms with Crippen LogP contribution in [0, 0.1) is 0 Å². The topological polar surface area (TPSA) is 41.4 Å². The van der Waals surface area contributed by atoms with Gasteiger partial charge in [-0.15, -0.1) is 0 Å². The largest absolute Gasteiger partial charge is 0.374 e. The number of anilines is 1. The smallest absolute Gasteiger partial charge is 0.134 e. The molecular weight excluding hydrogens is 765 g/mol. The Hall–Kier alpha value is -8.21. The van der Waals surface area contributed by atoms with Crippen molar-refractivity contribution in [2.45, 2.75) is 12.1 Å². The second kappa shape index (κ2) is 15.4. The number of hydrogen-bond acceptors (Lipinski definition) is 3. The van der Waals surface area contributed by atoms with E-state index in [1.54, 1.807) is 0 Å². The zero-order chi connectivity index (χ0) is 41.7. The van der Waals surface area contributed by atoms with Crippen LogP contribution in [-0.4, -0.2) is 10.4 Å². The molecular formula is C59H42N4. The van der Waals surface area contributed by atoms with Crippen molar-refractivity contribution in [3.05, 3.63) is 264 Å². The van der Waals surface area contributed by atoms with Crippen molar-refractivity contribution in [2.24, 2.45) is 4.99 Å². The Labute approximate surface area is 366 Å². The number of fused-ring (bicyclic) bond motifs is 6. The molecule has 2 unspecified atom stereocenters. The van der Waals surface area contributed by atoms with Crippen molar-refractivity contribution in [2.75, 3.05) is 5.32 Å². The van der Waals surface area contributed by atoms with Gasteiger partial charge >= 0.3 is 0 Å². The van der Waals surface area contributed by atoms with Gasteiger partial charge in [-0.1, -0.05) is 182 Å². The summed E-state index contributed by atoms with van der Waals surface area (Å²) in [5.41, 5.74) is 16.1. The van der Waals surface area contributed by atoms with E-state index in [0.29, 0.717) is 0 Å². The Bertz CT molecular complexity index is 3380. The normalized spacial score (nSPS) is 15.8. The molecule has 3 heterocycles. The highest BCUT2D eigenvalue weighted by Crippen LogP contribution is 2.46. The van der Waals surface area contributed by atoms with Crippen molar-refractivity contribution in [1.82, 2.24) is 9.88 Å². The molecule has 9 aromatic carbocycles. The molecule has 0 saturated heterocycles. The van der Waals surface area contributed by atoms with Gasteiger partial charge in [0.15, 0.2) is 0 Å². The van der Waals surface area contributed by atoms with Crippen molar-refractivity contribution < 1.29 is 0 Å². The Morgan fingerprint density at radius 3 is 1.63 bits per heavy atom. The minimum Gasteiger partial charge on any atom is -0.374 e. The van der Waals surface area contributed by atoms with Crippen LogP contribution in [0.1, 0.15) is 45.5 Å². The monoisotopic (exact) mass is 806 g/mol. The van der Waals surface area contributed by atoms with Gasteiger partial charge in [0.1, 0.15) is 5.84 Å². The van der Waals surface area contributed by atoms with E-state index in [1.165, 1.54) is 66.0 Å². The van der Waals surface area contributed by atoms with Crippen LogP contribution >= 0.6 is 0 Å². The van der Waals surface area contributed by atoms with Crippen molar-refractivity contribution >= 4 is 55.4 Å². The van der Waals surface area contributed by atoms with Crippen LogP contribution in [0.15, 0.2) is 236 Å². The first kappa shape index (κ1) is 36.6. The summed E-state index contributed by atoms with van der Waals surface area (Å²) in [6.07, 6.45) is 4.64. The van der Waals surface area contributed by atoms with E-state index in [1.807, 2.05) is 0 Å². The van der Waals surface area contributed by atoms with Crippen molar-refractivity contribution in [3.8, 4) is 16.8 Å². The summed E-state index contributed by atoms with van der Waals surface area (Å²) in [5.74, 6) is 0.841. The second-order valence-electron chi connectivity index (χ2n) is 16.4. The lowest BCUT2D eigenvalue weighted by atomic mass is 9.84. The van der Waals surface area contributed by atoms with Gasteiger partial charge < -0.3 is 15.2 Å². The standard InChI is InChI=1S/C59H42N4/c1-4-17-39(18-5-1)51-37-52(40-19-6-2-7-20-40)60-55-36-50(46-25-10-11-28-49(46)58(51)55)43-23-16-24-44(35-43)59-61-53(41-21-8-3-9-22-41)38-54(62-59)42-31-33-45(34-32-42)63-56-29-14-12-26-47(56)48-27-13-15-30-57(48)63/h1-38,52,54,60H,(H,61,62). The molecule has 0 radical (unpaired) electrons. The SMILES string of the molecule is C1=C(c2ccccc2)N=C(c2cccc(-c3cc4c(c5ccccc35)C(c3ccccc3)=CC(c3ccccc3)N4)c2)NC1c1ccc(-n2c3ccccc3c3ccccc32)cc1. The van der Waals surface area contributed by atoms with E-state index in [2.05, 4.69) is 246 Å². The van der Waals surface area contributed by atoms with Gasteiger partial charge in [0, 0.05) is 33.3 Å². The predicted octanol–water partition coefficient (Wildman–Crippen LogP) is 14.3. The first-order chi connectivity index (χ1) is 31.2. The first-order valence-electron chi connectivity index (χ1n) is 21.7. The average Bonchev–Trinajstić information content (AvgIpc) is 3.71. The highest BCUT2D eigenvalue weighted by atomic mass is 15.1. The number of aliphatic imine (C=N–C) groups is 1. The van der Waals surface area contributed by atoms with Gasteiger partial charge in [-0.3, -0.25) is 0 Å². The molecule has 63 heavy (non-hydrogen) atoms. The van der Waals surface area contributed by atoms with E-state index >= 15 is 0 Å². The van der Waals surface area contributed by atoms with E-state index in [9.17, 15) is 0 Å². The van der Waals surface area contributed by atoms with E-state index in [0.717, 1.165) is 39.6 Å². The molecule has 298 valence electrons. The fourth-order valence-corrected chi connectivity index (χ4v) is 9.67. The number of amidine groups is 1. The first-order valence-corrected chi connectivity index (χ1v) is 21.7. The molecule has 0 amide bonds. The Kier molecular flexibility index (Phi) is 8.93. The average molecular weight is 807 g/mol. The molecule has 4 nitrogen and oxygen atoms in total. The highest BCUT2D eigenvalue weighted by Gasteiger charge is 2.26. The third-order valence-electron chi connectivity index (χ3n) is 12.7. The minimum atomic E-state index is -0.101. The summed E-state index contributed by atoms with van der Waals surface area (Å²) in [4.78, 5) is 5.32. The van der Waals surface area contributed by atoms with Crippen molar-refractivity contribution in [3.63, 3.8) is 0 Å². The number of nitrogens with one attached hydrogen (secondary N) is 2. The Morgan fingerprint density at radius 1 is 0.397 bits per heavy atom. The number of hydrogen-bond donors (Lipinski definition) is 2. The minimum absolute atomic E-state index is 0.0196. The van der Waals surface area contributed by atoms with Gasteiger partial charge in [0.2, 0.25) is 0 Å². The fraction of sp³-hybridized carbons (Fsp3) is 0.0339. The lowest BCUT2D eigenvalue weighted by Gasteiger charge is -2.29. The summed E-state index contributed by atoms with van der Waals surface area (Å²) >= 11 is 0. The molecule has 2 N–H and O–H groups in total. The molecule has 0 aliphatic carbocycles. The van der Waals surface area contributed by atoms with Crippen LogP contribution in [0.2, 0.25) is 0 Å². The second-order valence-corrected chi connectivity index (χ2v) is 16.4. The maximum Gasteiger partial charge on any atom is 0.134 e. The van der Waals surface area contributed by atoms with E-state index in [4.69, 9.17) is 4.99 Å². The van der Waals surface area contributed by atoms with Crippen LogP contribution < -0.4 is 10.6 Å². The third kappa shape index (κ3) is 6.52. The fourth-order valence-electron chi connectivity index (χ4n) is 9.67. The molecule has 10 aromatic rings. The molecule has 0 bridgehead atoms. The summed E-state index contributed by atoms with van der Waals surface area (Å²) in [7, 11) is 0. The lowest BCUT2D eigenvalue weighted by molar-refractivity contribution is 0.780. The van der Waals surface area contributed by atoms with Gasteiger partial charge in [0.25, 0.3) is 0 Å². The van der Waals surface area contributed by atoms with E-state index < -0.39 is 0 Å². The molecule has 4 heteroatoms. The zero-order valence-corrected chi connectivity index (χ0v) is 34.5. The van der Waals surface area contributed by atoms with Crippen LogP contribution in [-0.2, 0) is 0 Å². The molecule has 0 saturated carbocycles. The van der Waals surface area contributed by atoms with Gasteiger partial charge in [0.05, 0.1) is 28.8 Å². The van der Waals surface area contributed by atoms with Gasteiger partial charge in [-0.05, 0) is 98.3 Å². The Morgan fingerprint density at radius 2 is 0.937 bits per heavy atom. The highest BCUT2D eigenvalue weighted by molar-refractivity contribution is 6.12. The maximum absolute atomic E-state index is 5.32. The molecule has 2 aliphatic heterocycles. The summed E-state index contributed by atoms with van der Waals surface area (Å²) in [6, 6.07) is 78.3. The number of benzene rings is 9. The Balaban J connectivity index is 0.942. The maximum atomic E-state index is 5.32. The van der Waals surface area contributed by atoms with Gasteiger partial charge in [-0.25, -0.2) is 4.99 Å². The van der Waals surface area contributed by atoms with Crippen LogP contribution in [0.25, 0.3) is 60.7 Å². The molecule has 1 aromatic heterocycles. The number of para-hydroxylation sites is 2. The van der Waals surface area contributed by atoms with Crippen LogP contribution in [0.3, 0.4) is 0 Å². The summed E-state index contributed by atoms with van der Waals surface area (Å²) < 4.78 is 2.37. The molecule has 2 atom stereocenters. The predicted molar refractivity (Wildman–Crippen MR) is 263 cm³/mol. The van der Waals surface area contributed by atoms with E-state index in [-0.39, 0.29) is 12.1 Å². The molecule has 2 aliphatic rings. The number of nitrogens with zero attached hydrogens (tertiary/aromatic N) is 2. The van der Waals surface area contributed by atoms with Crippen LogP contribution in [0.5, 0.6) is 0 Å². The third-order valence-corrected chi connectivity index (χ3v) is 12.7. The number of rotatable bonds is 7. The molecule has 0 spiro atoms.